The molecule has 4 nitrogen and oxygen atoms in total. The van der Waals surface area contributed by atoms with E-state index in [1.54, 1.807) is 0 Å². The summed E-state index contributed by atoms with van der Waals surface area (Å²) in [6.07, 6.45) is 2.60. The Morgan fingerprint density at radius 1 is 1.12 bits per heavy atom. The van der Waals surface area contributed by atoms with Gasteiger partial charge in [0.25, 0.3) is 0 Å². The van der Waals surface area contributed by atoms with Crippen LogP contribution in [0.15, 0.2) is 24.3 Å². The lowest BCUT2D eigenvalue weighted by Crippen LogP contribution is -2.27. The molecule has 1 aliphatic rings. The van der Waals surface area contributed by atoms with Gasteiger partial charge < -0.3 is 10.3 Å². The van der Waals surface area contributed by atoms with E-state index >= 15 is 0 Å². The molecule has 0 atom stereocenters. The molecule has 1 aromatic carbocycles. The number of hydrogen-bond acceptors (Lipinski definition) is 3. The lowest BCUT2D eigenvalue weighted by Gasteiger charge is -2.22. The first-order chi connectivity index (χ1) is 11.8. The minimum Gasteiger partial charge on any atom is -0.364 e. The molecule has 0 saturated heterocycles. The Labute approximate surface area is 149 Å². The van der Waals surface area contributed by atoms with Crippen molar-refractivity contribution in [3.8, 4) is 11.3 Å². The van der Waals surface area contributed by atoms with Crippen molar-refractivity contribution in [2.45, 2.75) is 58.9 Å². The van der Waals surface area contributed by atoms with Crippen molar-refractivity contribution in [1.29, 1.82) is 0 Å². The number of rotatable bonds is 3. The number of H-pyrrole nitrogens is 1. The highest BCUT2D eigenvalue weighted by Crippen LogP contribution is 2.42. The topological polar surface area (TPSA) is 53.6 Å². The minimum absolute atomic E-state index is 0.0514. The Morgan fingerprint density at radius 3 is 2.56 bits per heavy atom. The van der Waals surface area contributed by atoms with Crippen molar-refractivity contribution >= 4 is 16.9 Å². The molecule has 2 N–H and O–H groups in total. The van der Waals surface area contributed by atoms with Crippen LogP contribution in [0.3, 0.4) is 0 Å². The maximum absolute atomic E-state index is 4.94. The van der Waals surface area contributed by atoms with E-state index in [2.05, 4.69) is 56.2 Å². The van der Waals surface area contributed by atoms with Crippen molar-refractivity contribution in [3.05, 3.63) is 41.2 Å². The van der Waals surface area contributed by atoms with Crippen molar-refractivity contribution in [1.82, 2.24) is 15.0 Å². The molecule has 4 heteroatoms. The van der Waals surface area contributed by atoms with Gasteiger partial charge in [-0.05, 0) is 71.1 Å². The fourth-order valence-electron chi connectivity index (χ4n) is 3.37. The number of aromatic amines is 1. The summed E-state index contributed by atoms with van der Waals surface area (Å²) in [5, 5.41) is 3.48. The molecular formula is C21H26N4. The molecule has 1 fully saturated rings. The first kappa shape index (κ1) is 16.1. The van der Waals surface area contributed by atoms with E-state index in [1.165, 1.54) is 24.1 Å². The van der Waals surface area contributed by atoms with Gasteiger partial charge >= 0.3 is 0 Å². The van der Waals surface area contributed by atoms with Crippen LogP contribution in [0.5, 0.6) is 0 Å². The molecule has 0 amide bonds. The molecule has 2 aromatic heterocycles. The number of hydrogen-bond donors (Lipinski definition) is 2. The van der Waals surface area contributed by atoms with E-state index in [4.69, 9.17) is 9.97 Å². The Kier molecular flexibility index (Phi) is 3.60. The third-order valence-electron chi connectivity index (χ3n) is 4.69. The number of anilines is 1. The molecule has 25 heavy (non-hydrogen) atoms. The minimum atomic E-state index is -0.0514. The maximum atomic E-state index is 4.94. The van der Waals surface area contributed by atoms with Crippen LogP contribution in [0, 0.1) is 13.8 Å². The SMILES string of the molecule is Cc1cc(-c2cccc3nc(C)c(NC(C)(C)C)nc23)[nH]c1C1CC1. The number of fused-ring (bicyclic) bond motifs is 1. The normalized spacial score (nSPS) is 14.9. The molecule has 1 aliphatic carbocycles. The molecule has 4 rings (SSSR count). The molecular weight excluding hydrogens is 308 g/mol. The van der Waals surface area contributed by atoms with Crippen LogP contribution in [0.4, 0.5) is 5.82 Å². The maximum Gasteiger partial charge on any atom is 0.148 e. The summed E-state index contributed by atoms with van der Waals surface area (Å²) < 4.78 is 0. The highest BCUT2D eigenvalue weighted by atomic mass is 15.1. The largest absolute Gasteiger partial charge is 0.364 e. The first-order valence-electron chi connectivity index (χ1n) is 9.07. The second kappa shape index (κ2) is 5.58. The number of benzene rings is 1. The van der Waals surface area contributed by atoms with Gasteiger partial charge in [-0.3, -0.25) is 0 Å². The summed E-state index contributed by atoms with van der Waals surface area (Å²) in [5.74, 6) is 1.58. The summed E-state index contributed by atoms with van der Waals surface area (Å²) in [6, 6.07) is 8.49. The lowest BCUT2D eigenvalue weighted by molar-refractivity contribution is 0.629. The van der Waals surface area contributed by atoms with Crippen LogP contribution in [0.2, 0.25) is 0 Å². The van der Waals surface area contributed by atoms with Crippen molar-refractivity contribution in [2.24, 2.45) is 0 Å². The van der Waals surface area contributed by atoms with Gasteiger partial charge in [-0.1, -0.05) is 12.1 Å². The zero-order valence-electron chi connectivity index (χ0n) is 15.7. The van der Waals surface area contributed by atoms with Gasteiger partial charge in [0.05, 0.1) is 11.2 Å². The molecule has 0 bridgehead atoms. The van der Waals surface area contributed by atoms with Crippen LogP contribution in [0.25, 0.3) is 22.3 Å². The predicted octanol–water partition coefficient (Wildman–Crippen LogP) is 5.33. The summed E-state index contributed by atoms with van der Waals surface area (Å²) >= 11 is 0. The van der Waals surface area contributed by atoms with Crippen LogP contribution in [0.1, 0.15) is 56.5 Å². The van der Waals surface area contributed by atoms with E-state index in [-0.39, 0.29) is 5.54 Å². The standard InChI is InChI=1S/C21H26N4/c1-12-11-17(23-18(12)14-9-10-14)15-7-6-8-16-19(15)24-20(13(2)22-16)25-21(3,4)5/h6-8,11,14,23H,9-10H2,1-5H3,(H,24,25). The molecule has 1 saturated carbocycles. The molecule has 0 spiro atoms. The molecule has 2 heterocycles. The first-order valence-corrected chi connectivity index (χ1v) is 9.07. The zero-order chi connectivity index (χ0) is 17.8. The van der Waals surface area contributed by atoms with Gasteiger partial charge in [0.15, 0.2) is 0 Å². The number of aryl methyl sites for hydroxylation is 2. The third kappa shape index (κ3) is 3.13. The summed E-state index contributed by atoms with van der Waals surface area (Å²) in [4.78, 5) is 13.4. The Balaban J connectivity index is 1.86. The quantitative estimate of drug-likeness (QED) is 0.680. The van der Waals surface area contributed by atoms with Crippen molar-refractivity contribution < 1.29 is 0 Å². The third-order valence-corrected chi connectivity index (χ3v) is 4.69. The lowest BCUT2D eigenvalue weighted by atomic mass is 10.1. The second-order valence-corrected chi connectivity index (χ2v) is 8.26. The second-order valence-electron chi connectivity index (χ2n) is 8.26. The smallest absolute Gasteiger partial charge is 0.148 e. The molecule has 3 aromatic rings. The number of nitrogens with one attached hydrogen (secondary N) is 2. The van der Waals surface area contributed by atoms with Crippen molar-refractivity contribution in [3.63, 3.8) is 0 Å². The van der Waals surface area contributed by atoms with Crippen LogP contribution in [-0.4, -0.2) is 20.5 Å². The fourth-order valence-corrected chi connectivity index (χ4v) is 3.37. The van der Waals surface area contributed by atoms with Gasteiger partial charge in [0.1, 0.15) is 11.3 Å². The highest BCUT2D eigenvalue weighted by molar-refractivity contribution is 5.91. The van der Waals surface area contributed by atoms with E-state index in [1.807, 2.05) is 13.0 Å². The van der Waals surface area contributed by atoms with E-state index in [0.717, 1.165) is 39.7 Å². The van der Waals surface area contributed by atoms with Crippen LogP contribution >= 0.6 is 0 Å². The summed E-state index contributed by atoms with van der Waals surface area (Å²) in [6.45, 7) is 10.6. The molecule has 0 radical (unpaired) electrons. The van der Waals surface area contributed by atoms with Gasteiger partial charge in [0, 0.05) is 22.5 Å². The average Bonchev–Trinajstić information content (AvgIpc) is 3.29. The Morgan fingerprint density at radius 2 is 1.88 bits per heavy atom. The molecule has 0 aliphatic heterocycles. The summed E-state index contributed by atoms with van der Waals surface area (Å²) in [7, 11) is 0. The van der Waals surface area contributed by atoms with Gasteiger partial charge in [-0.15, -0.1) is 0 Å². The van der Waals surface area contributed by atoms with Crippen molar-refractivity contribution in [2.75, 3.05) is 5.32 Å². The van der Waals surface area contributed by atoms with E-state index in [9.17, 15) is 0 Å². The summed E-state index contributed by atoms with van der Waals surface area (Å²) in [5.41, 5.74) is 7.77. The number of aromatic nitrogens is 3. The van der Waals surface area contributed by atoms with Crippen LogP contribution in [-0.2, 0) is 0 Å². The highest BCUT2D eigenvalue weighted by Gasteiger charge is 2.27. The molecule has 130 valence electrons. The van der Waals surface area contributed by atoms with E-state index in [0.29, 0.717) is 0 Å². The van der Waals surface area contributed by atoms with Gasteiger partial charge in [-0.25, -0.2) is 9.97 Å². The molecule has 0 unspecified atom stereocenters. The predicted molar refractivity (Wildman–Crippen MR) is 104 cm³/mol. The van der Waals surface area contributed by atoms with Gasteiger partial charge in [0.2, 0.25) is 0 Å². The van der Waals surface area contributed by atoms with Crippen LogP contribution < -0.4 is 5.32 Å². The zero-order valence-corrected chi connectivity index (χ0v) is 15.7. The Hall–Kier alpha value is -2.36. The fraction of sp³-hybridized carbons (Fsp3) is 0.429. The number of nitrogens with zero attached hydrogens (tertiary/aromatic N) is 2. The monoisotopic (exact) mass is 334 g/mol. The van der Waals surface area contributed by atoms with Gasteiger partial charge in [-0.2, -0.15) is 0 Å². The van der Waals surface area contributed by atoms with E-state index < -0.39 is 0 Å². The number of para-hydroxylation sites is 1. The Bertz CT molecular complexity index is 942. The average molecular weight is 334 g/mol.